The van der Waals surface area contributed by atoms with E-state index >= 15 is 0 Å². The first-order chi connectivity index (χ1) is 14.1. The molecule has 160 valence electrons. The van der Waals surface area contributed by atoms with Gasteiger partial charge in [-0.15, -0.1) is 0 Å². The Morgan fingerprint density at radius 2 is 1.83 bits per heavy atom. The van der Waals surface area contributed by atoms with E-state index < -0.39 is 25.3 Å². The molecule has 2 heterocycles. The SMILES string of the molecule is COc1ncc(-c2ccc3nc(N)n(S(=O)(=O)C4CC4)c3c2)cc1S(=O)(=O)N(C)C. The van der Waals surface area contributed by atoms with E-state index in [0.29, 0.717) is 35.0 Å². The maximum absolute atomic E-state index is 12.8. The smallest absolute Gasteiger partial charge is 0.247 e. The van der Waals surface area contributed by atoms with Gasteiger partial charge < -0.3 is 10.5 Å². The van der Waals surface area contributed by atoms with Crippen LogP contribution in [0, 0.1) is 0 Å². The van der Waals surface area contributed by atoms with Gasteiger partial charge in [-0.1, -0.05) is 6.07 Å². The van der Waals surface area contributed by atoms with Crippen LogP contribution in [0.3, 0.4) is 0 Å². The van der Waals surface area contributed by atoms with Crippen molar-refractivity contribution in [1.82, 2.24) is 18.2 Å². The number of imidazole rings is 1. The van der Waals surface area contributed by atoms with Crippen LogP contribution in [0.25, 0.3) is 22.2 Å². The number of nitrogen functional groups attached to an aromatic ring is 1. The van der Waals surface area contributed by atoms with Crippen LogP contribution in [0.1, 0.15) is 12.8 Å². The van der Waals surface area contributed by atoms with Gasteiger partial charge in [0, 0.05) is 25.9 Å². The van der Waals surface area contributed by atoms with Crippen molar-refractivity contribution >= 4 is 37.0 Å². The molecule has 0 aliphatic heterocycles. The van der Waals surface area contributed by atoms with Crippen LogP contribution in [-0.4, -0.2) is 61.5 Å². The summed E-state index contributed by atoms with van der Waals surface area (Å²) in [4.78, 5) is 8.19. The third-order valence-electron chi connectivity index (χ3n) is 4.94. The Labute approximate surface area is 174 Å². The van der Waals surface area contributed by atoms with Gasteiger partial charge in [0.25, 0.3) is 0 Å². The summed E-state index contributed by atoms with van der Waals surface area (Å²) in [5.74, 6) is -0.128. The molecule has 4 rings (SSSR count). The Hall–Kier alpha value is -2.70. The highest BCUT2D eigenvalue weighted by Gasteiger charge is 2.39. The van der Waals surface area contributed by atoms with E-state index in [0.717, 1.165) is 8.28 Å². The number of rotatable bonds is 6. The van der Waals surface area contributed by atoms with Crippen LogP contribution >= 0.6 is 0 Å². The lowest BCUT2D eigenvalue weighted by Gasteiger charge is -2.15. The second kappa shape index (κ2) is 6.93. The molecule has 0 amide bonds. The summed E-state index contributed by atoms with van der Waals surface area (Å²) in [6.45, 7) is 0. The van der Waals surface area contributed by atoms with Crippen molar-refractivity contribution in [3.8, 4) is 17.0 Å². The minimum atomic E-state index is -3.81. The summed E-state index contributed by atoms with van der Waals surface area (Å²) in [6, 6.07) is 6.42. The van der Waals surface area contributed by atoms with Crippen molar-refractivity contribution in [2.45, 2.75) is 23.0 Å². The summed E-state index contributed by atoms with van der Waals surface area (Å²) in [5, 5.41) is -0.458. The molecule has 10 nitrogen and oxygen atoms in total. The molecule has 0 spiro atoms. The summed E-state index contributed by atoms with van der Waals surface area (Å²) in [5.41, 5.74) is 7.73. The van der Waals surface area contributed by atoms with E-state index in [-0.39, 0.29) is 16.7 Å². The molecule has 0 radical (unpaired) electrons. The third-order valence-corrected chi connectivity index (χ3v) is 8.96. The predicted octanol–water partition coefficient (Wildman–Crippen LogP) is 1.28. The average Bonchev–Trinajstić information content (AvgIpc) is 3.50. The highest BCUT2D eigenvalue weighted by molar-refractivity contribution is 7.91. The van der Waals surface area contributed by atoms with Gasteiger partial charge in [-0.3, -0.25) is 0 Å². The first-order valence-corrected chi connectivity index (χ1v) is 12.0. The molecule has 0 unspecified atom stereocenters. The van der Waals surface area contributed by atoms with Gasteiger partial charge in [-0.2, -0.15) is 0 Å². The Bertz CT molecular complexity index is 1360. The number of benzene rings is 1. The first kappa shape index (κ1) is 20.6. The lowest BCUT2D eigenvalue weighted by Crippen LogP contribution is -2.23. The van der Waals surface area contributed by atoms with Crippen LogP contribution in [-0.2, 0) is 20.0 Å². The van der Waals surface area contributed by atoms with Gasteiger partial charge >= 0.3 is 0 Å². The van der Waals surface area contributed by atoms with Gasteiger partial charge in [0.15, 0.2) is 0 Å². The lowest BCUT2D eigenvalue weighted by molar-refractivity contribution is 0.383. The van der Waals surface area contributed by atoms with Crippen LogP contribution in [0.5, 0.6) is 5.88 Å². The Morgan fingerprint density at radius 3 is 2.43 bits per heavy atom. The van der Waals surface area contributed by atoms with Crippen molar-refractivity contribution in [3.63, 3.8) is 0 Å². The molecule has 12 heteroatoms. The van der Waals surface area contributed by atoms with E-state index in [1.807, 2.05) is 0 Å². The molecule has 2 aromatic heterocycles. The van der Waals surface area contributed by atoms with E-state index in [4.69, 9.17) is 10.5 Å². The minimum absolute atomic E-state index is 0.0286. The van der Waals surface area contributed by atoms with E-state index in [2.05, 4.69) is 9.97 Å². The number of anilines is 1. The van der Waals surface area contributed by atoms with Gasteiger partial charge in [0.1, 0.15) is 4.90 Å². The van der Waals surface area contributed by atoms with Crippen LogP contribution in [0.2, 0.25) is 0 Å². The van der Waals surface area contributed by atoms with Crippen molar-refractivity contribution in [2.24, 2.45) is 0 Å². The average molecular weight is 452 g/mol. The molecule has 0 atom stereocenters. The summed E-state index contributed by atoms with van der Waals surface area (Å²) in [6.07, 6.45) is 2.65. The van der Waals surface area contributed by atoms with Crippen molar-refractivity contribution in [3.05, 3.63) is 30.5 Å². The highest BCUT2D eigenvalue weighted by atomic mass is 32.2. The zero-order valence-electron chi connectivity index (χ0n) is 16.6. The molecule has 0 saturated heterocycles. The topological polar surface area (TPSA) is 137 Å². The number of hydrogen-bond donors (Lipinski definition) is 1. The van der Waals surface area contributed by atoms with Gasteiger partial charge in [0.05, 0.1) is 23.4 Å². The number of nitrogens with two attached hydrogens (primary N) is 1. The zero-order chi connectivity index (χ0) is 21.8. The van der Waals surface area contributed by atoms with Crippen molar-refractivity contribution in [1.29, 1.82) is 0 Å². The maximum Gasteiger partial charge on any atom is 0.247 e. The number of sulfonamides is 1. The van der Waals surface area contributed by atoms with Gasteiger partial charge in [-0.25, -0.2) is 35.1 Å². The van der Waals surface area contributed by atoms with Gasteiger partial charge in [-0.05, 0) is 36.6 Å². The molecule has 1 fully saturated rings. The summed E-state index contributed by atoms with van der Waals surface area (Å²) < 4.78 is 58.2. The maximum atomic E-state index is 12.8. The Balaban J connectivity index is 1.91. The molecule has 1 aliphatic carbocycles. The Morgan fingerprint density at radius 1 is 1.13 bits per heavy atom. The molecular formula is C18H21N5O5S2. The zero-order valence-corrected chi connectivity index (χ0v) is 18.2. The van der Waals surface area contributed by atoms with Crippen molar-refractivity contribution < 1.29 is 21.6 Å². The molecule has 1 aliphatic rings. The normalized spacial score (nSPS) is 15.1. The molecular weight excluding hydrogens is 430 g/mol. The number of ether oxygens (including phenoxy) is 1. The summed E-state index contributed by atoms with van der Waals surface area (Å²) in [7, 11) is -3.28. The van der Waals surface area contributed by atoms with Gasteiger partial charge in [0.2, 0.25) is 31.9 Å². The van der Waals surface area contributed by atoms with Crippen LogP contribution in [0.15, 0.2) is 35.4 Å². The standard InChI is InChI=1S/C18H21N5O5S2/c1-22(2)30(26,27)16-9-12(10-20-17(16)28-3)11-4-7-14-15(8-11)23(18(19)21-14)29(24,25)13-5-6-13/h4,7-10,13H,5-6H2,1-3H3,(H2,19,21). The number of nitrogens with zero attached hydrogens (tertiary/aromatic N) is 4. The van der Waals surface area contributed by atoms with Crippen LogP contribution in [0.4, 0.5) is 5.95 Å². The lowest BCUT2D eigenvalue weighted by atomic mass is 10.1. The van der Waals surface area contributed by atoms with Crippen LogP contribution < -0.4 is 10.5 Å². The fourth-order valence-corrected chi connectivity index (χ4v) is 5.94. The third kappa shape index (κ3) is 3.20. The Kier molecular flexibility index (Phi) is 4.75. The minimum Gasteiger partial charge on any atom is -0.480 e. The predicted molar refractivity (Wildman–Crippen MR) is 112 cm³/mol. The molecule has 3 aromatic rings. The quantitative estimate of drug-likeness (QED) is 0.592. The number of fused-ring (bicyclic) bond motifs is 1. The second-order valence-electron chi connectivity index (χ2n) is 7.20. The number of methoxy groups -OCH3 is 1. The molecule has 2 N–H and O–H groups in total. The number of aromatic nitrogens is 3. The molecule has 1 aromatic carbocycles. The molecule has 0 bridgehead atoms. The first-order valence-electron chi connectivity index (χ1n) is 9.06. The number of hydrogen-bond acceptors (Lipinski definition) is 8. The van der Waals surface area contributed by atoms with E-state index in [1.165, 1.54) is 33.5 Å². The fraction of sp³-hybridized carbons (Fsp3) is 0.333. The van der Waals surface area contributed by atoms with E-state index in [9.17, 15) is 16.8 Å². The molecule has 1 saturated carbocycles. The van der Waals surface area contributed by atoms with E-state index in [1.54, 1.807) is 18.2 Å². The summed E-state index contributed by atoms with van der Waals surface area (Å²) >= 11 is 0. The highest BCUT2D eigenvalue weighted by Crippen LogP contribution is 2.35. The monoisotopic (exact) mass is 451 g/mol. The second-order valence-corrected chi connectivity index (χ2v) is 11.4. The fourth-order valence-electron chi connectivity index (χ4n) is 3.16. The number of pyridine rings is 1. The van der Waals surface area contributed by atoms with Crippen molar-refractivity contribution in [2.75, 3.05) is 26.9 Å². The molecule has 30 heavy (non-hydrogen) atoms. The largest absolute Gasteiger partial charge is 0.480 e.